The third-order valence-corrected chi connectivity index (χ3v) is 3.59. The molecule has 1 atom stereocenters. The minimum Gasteiger partial charge on any atom is -0.345 e. The van der Waals surface area contributed by atoms with Gasteiger partial charge in [0.25, 0.3) is 5.91 Å². The number of hydrogen-bond acceptors (Lipinski definition) is 2. The van der Waals surface area contributed by atoms with E-state index in [0.717, 1.165) is 6.07 Å². The molecule has 1 rings (SSSR count). The lowest BCUT2D eigenvalue weighted by atomic mass is 9.88. The molecule has 5 heteroatoms. The average molecular weight is 273 g/mol. The van der Waals surface area contributed by atoms with Crippen molar-refractivity contribution in [3.8, 4) is 0 Å². The maximum Gasteiger partial charge on any atom is 0.251 e. The number of hydrogen-bond donors (Lipinski definition) is 2. The SMILES string of the molecule is CC(C)C(C)(CN)NC(=O)c1ccc(Cl)c(F)c1. The standard InChI is InChI=1S/C13H18ClFN2O/c1-8(2)13(3,7-16)17-12(18)9-4-5-10(14)11(15)6-9/h4-6,8H,7,16H2,1-3H3,(H,17,18). The fraction of sp³-hybridized carbons (Fsp3) is 0.462. The third-order valence-electron chi connectivity index (χ3n) is 3.28. The quantitative estimate of drug-likeness (QED) is 0.885. The van der Waals surface area contributed by atoms with E-state index in [2.05, 4.69) is 5.32 Å². The molecular formula is C13H18ClFN2O. The summed E-state index contributed by atoms with van der Waals surface area (Å²) in [7, 11) is 0. The lowest BCUT2D eigenvalue weighted by Crippen LogP contribution is -2.55. The van der Waals surface area contributed by atoms with Crippen LogP contribution < -0.4 is 11.1 Å². The second-order valence-electron chi connectivity index (χ2n) is 4.86. The molecule has 0 aliphatic carbocycles. The van der Waals surface area contributed by atoms with Crippen LogP contribution in [0.4, 0.5) is 4.39 Å². The normalized spacial score (nSPS) is 14.4. The Morgan fingerprint density at radius 1 is 1.56 bits per heavy atom. The lowest BCUT2D eigenvalue weighted by Gasteiger charge is -2.33. The van der Waals surface area contributed by atoms with Crippen LogP contribution >= 0.6 is 11.6 Å². The zero-order chi connectivity index (χ0) is 13.9. The Morgan fingerprint density at radius 3 is 2.61 bits per heavy atom. The molecule has 0 saturated heterocycles. The van der Waals surface area contributed by atoms with Gasteiger partial charge in [-0.1, -0.05) is 25.4 Å². The molecule has 0 aliphatic heterocycles. The van der Waals surface area contributed by atoms with E-state index in [0.29, 0.717) is 6.54 Å². The van der Waals surface area contributed by atoms with E-state index in [1.165, 1.54) is 12.1 Å². The highest BCUT2D eigenvalue weighted by atomic mass is 35.5. The van der Waals surface area contributed by atoms with Crippen molar-refractivity contribution >= 4 is 17.5 Å². The van der Waals surface area contributed by atoms with Crippen LogP contribution in [0.25, 0.3) is 0 Å². The summed E-state index contributed by atoms with van der Waals surface area (Å²) < 4.78 is 13.3. The molecule has 3 N–H and O–H groups in total. The van der Waals surface area contributed by atoms with Gasteiger partial charge in [-0.25, -0.2) is 4.39 Å². The Bertz CT molecular complexity index is 451. The van der Waals surface area contributed by atoms with Crippen molar-refractivity contribution < 1.29 is 9.18 Å². The van der Waals surface area contributed by atoms with Crippen LogP contribution in [-0.4, -0.2) is 18.0 Å². The molecule has 1 aromatic rings. The van der Waals surface area contributed by atoms with Crippen molar-refractivity contribution in [3.05, 3.63) is 34.6 Å². The van der Waals surface area contributed by atoms with Crippen LogP contribution in [0.2, 0.25) is 5.02 Å². The van der Waals surface area contributed by atoms with E-state index in [9.17, 15) is 9.18 Å². The first-order valence-electron chi connectivity index (χ1n) is 5.78. The molecule has 0 aromatic heterocycles. The monoisotopic (exact) mass is 272 g/mol. The number of benzene rings is 1. The number of nitrogens with two attached hydrogens (primary N) is 1. The number of halogens is 2. The molecule has 1 unspecified atom stereocenters. The van der Waals surface area contributed by atoms with Gasteiger partial charge >= 0.3 is 0 Å². The average Bonchev–Trinajstić information content (AvgIpc) is 2.32. The minimum atomic E-state index is -0.608. The molecule has 0 aliphatic rings. The molecule has 1 aromatic carbocycles. The molecule has 1 amide bonds. The van der Waals surface area contributed by atoms with E-state index in [1.807, 2.05) is 20.8 Å². The van der Waals surface area contributed by atoms with Crippen molar-refractivity contribution in [2.45, 2.75) is 26.3 Å². The second kappa shape index (κ2) is 5.67. The summed E-state index contributed by atoms with van der Waals surface area (Å²) in [5, 5.41) is 2.83. The Balaban J connectivity index is 2.91. The second-order valence-corrected chi connectivity index (χ2v) is 5.27. The summed E-state index contributed by atoms with van der Waals surface area (Å²) in [6.07, 6.45) is 0. The molecular weight excluding hydrogens is 255 g/mol. The van der Waals surface area contributed by atoms with Gasteiger partial charge in [0.15, 0.2) is 0 Å². The molecule has 0 bridgehead atoms. The maximum absolute atomic E-state index is 13.3. The zero-order valence-electron chi connectivity index (χ0n) is 10.8. The van der Waals surface area contributed by atoms with Gasteiger partial charge in [0.05, 0.1) is 10.6 Å². The van der Waals surface area contributed by atoms with Crippen molar-refractivity contribution in [1.29, 1.82) is 0 Å². The summed E-state index contributed by atoms with van der Waals surface area (Å²) in [5.74, 6) is -0.792. The van der Waals surface area contributed by atoms with E-state index < -0.39 is 11.4 Å². The number of nitrogens with one attached hydrogen (secondary N) is 1. The molecule has 18 heavy (non-hydrogen) atoms. The summed E-state index contributed by atoms with van der Waals surface area (Å²) in [4.78, 5) is 12.0. The van der Waals surface area contributed by atoms with E-state index in [4.69, 9.17) is 17.3 Å². The van der Waals surface area contributed by atoms with Gasteiger partial charge in [-0.05, 0) is 31.0 Å². The highest BCUT2D eigenvalue weighted by molar-refractivity contribution is 6.30. The van der Waals surface area contributed by atoms with E-state index in [1.54, 1.807) is 0 Å². The van der Waals surface area contributed by atoms with Crippen molar-refractivity contribution in [2.75, 3.05) is 6.54 Å². The van der Waals surface area contributed by atoms with Gasteiger partial charge in [0.1, 0.15) is 5.82 Å². The topological polar surface area (TPSA) is 55.1 Å². The van der Waals surface area contributed by atoms with Crippen LogP contribution in [0.3, 0.4) is 0 Å². The largest absolute Gasteiger partial charge is 0.345 e. The Labute approximate surface area is 112 Å². The lowest BCUT2D eigenvalue weighted by molar-refractivity contribution is 0.0883. The first-order valence-corrected chi connectivity index (χ1v) is 6.15. The van der Waals surface area contributed by atoms with Crippen LogP contribution in [0.1, 0.15) is 31.1 Å². The highest BCUT2D eigenvalue weighted by Crippen LogP contribution is 2.18. The van der Waals surface area contributed by atoms with Gasteiger partial charge in [-0.15, -0.1) is 0 Å². The molecule has 0 radical (unpaired) electrons. The van der Waals surface area contributed by atoms with Gasteiger partial charge in [-0.3, -0.25) is 4.79 Å². The van der Waals surface area contributed by atoms with E-state index >= 15 is 0 Å². The van der Waals surface area contributed by atoms with Crippen LogP contribution in [-0.2, 0) is 0 Å². The Hall–Kier alpha value is -1.13. The number of carbonyl (C=O) groups excluding carboxylic acids is 1. The predicted octanol–water partition coefficient (Wildman–Crippen LogP) is 2.58. The summed E-state index contributed by atoms with van der Waals surface area (Å²) in [6, 6.07) is 3.97. The first kappa shape index (κ1) is 14.9. The molecule has 0 spiro atoms. The van der Waals surface area contributed by atoms with Crippen LogP contribution in [0.5, 0.6) is 0 Å². The Morgan fingerprint density at radius 2 is 2.17 bits per heavy atom. The zero-order valence-corrected chi connectivity index (χ0v) is 11.5. The van der Waals surface area contributed by atoms with Gasteiger partial charge in [0.2, 0.25) is 0 Å². The smallest absolute Gasteiger partial charge is 0.251 e. The summed E-state index contributed by atoms with van der Waals surface area (Å²) >= 11 is 5.57. The molecule has 0 heterocycles. The molecule has 0 saturated carbocycles. The fourth-order valence-corrected chi connectivity index (χ4v) is 1.52. The number of amides is 1. The van der Waals surface area contributed by atoms with Crippen molar-refractivity contribution in [3.63, 3.8) is 0 Å². The number of rotatable bonds is 4. The molecule has 3 nitrogen and oxygen atoms in total. The molecule has 0 fully saturated rings. The van der Waals surface area contributed by atoms with Crippen LogP contribution in [0, 0.1) is 11.7 Å². The minimum absolute atomic E-state index is 0.00278. The maximum atomic E-state index is 13.3. The van der Waals surface area contributed by atoms with Gasteiger partial charge in [-0.2, -0.15) is 0 Å². The van der Waals surface area contributed by atoms with Gasteiger partial charge in [0, 0.05) is 12.1 Å². The van der Waals surface area contributed by atoms with Crippen LogP contribution in [0.15, 0.2) is 18.2 Å². The summed E-state index contributed by atoms with van der Waals surface area (Å²) in [5.41, 5.74) is 5.39. The summed E-state index contributed by atoms with van der Waals surface area (Å²) in [6.45, 7) is 6.11. The van der Waals surface area contributed by atoms with Gasteiger partial charge < -0.3 is 11.1 Å². The van der Waals surface area contributed by atoms with Crippen molar-refractivity contribution in [1.82, 2.24) is 5.32 Å². The van der Waals surface area contributed by atoms with Crippen molar-refractivity contribution in [2.24, 2.45) is 11.7 Å². The highest BCUT2D eigenvalue weighted by Gasteiger charge is 2.29. The Kier molecular flexibility index (Phi) is 4.71. The first-order chi connectivity index (χ1) is 8.30. The number of carbonyl (C=O) groups is 1. The predicted molar refractivity (Wildman–Crippen MR) is 71.2 cm³/mol. The fourth-order valence-electron chi connectivity index (χ4n) is 1.40. The van der Waals surface area contributed by atoms with E-state index in [-0.39, 0.29) is 22.4 Å². The molecule has 100 valence electrons. The third kappa shape index (κ3) is 3.21.